The smallest absolute Gasteiger partial charge is 0.308 e. The van der Waals surface area contributed by atoms with Crippen LogP contribution in [0.3, 0.4) is 0 Å². The van der Waals surface area contributed by atoms with E-state index in [0.29, 0.717) is 5.69 Å². The van der Waals surface area contributed by atoms with Crippen LogP contribution in [0.25, 0.3) is 11.3 Å². The standard InChI is InChI=1S/C12H12N2O3S/c1-18-8-4-2-7(3-5-8)11-9(6-10(15)16)12(17)14-13-11/h2-5H,6H2,1H3,(H,15,16)(H2,13,14,17). The summed E-state index contributed by atoms with van der Waals surface area (Å²) in [6.07, 6.45) is 1.68. The summed E-state index contributed by atoms with van der Waals surface area (Å²) in [5.74, 6) is -1.03. The van der Waals surface area contributed by atoms with Gasteiger partial charge in [-0.15, -0.1) is 11.8 Å². The van der Waals surface area contributed by atoms with Gasteiger partial charge in [0.25, 0.3) is 5.56 Å². The Morgan fingerprint density at radius 2 is 1.94 bits per heavy atom. The molecule has 2 rings (SSSR count). The van der Waals surface area contributed by atoms with Crippen molar-refractivity contribution in [1.82, 2.24) is 10.2 Å². The molecule has 0 spiro atoms. The summed E-state index contributed by atoms with van der Waals surface area (Å²) in [7, 11) is 0. The molecule has 1 aromatic heterocycles. The molecule has 0 atom stereocenters. The zero-order valence-corrected chi connectivity index (χ0v) is 10.5. The Labute approximate surface area is 107 Å². The van der Waals surface area contributed by atoms with E-state index in [2.05, 4.69) is 10.2 Å². The number of rotatable bonds is 4. The summed E-state index contributed by atoms with van der Waals surface area (Å²) in [4.78, 5) is 23.4. The van der Waals surface area contributed by atoms with Crippen molar-refractivity contribution < 1.29 is 9.90 Å². The second kappa shape index (κ2) is 5.14. The van der Waals surface area contributed by atoms with E-state index in [1.54, 1.807) is 11.8 Å². The monoisotopic (exact) mass is 264 g/mol. The maximum atomic E-state index is 11.5. The summed E-state index contributed by atoms with van der Waals surface area (Å²) >= 11 is 1.62. The fourth-order valence-electron chi connectivity index (χ4n) is 1.71. The molecule has 0 radical (unpaired) electrons. The highest BCUT2D eigenvalue weighted by atomic mass is 32.2. The molecule has 0 aliphatic heterocycles. The molecular weight excluding hydrogens is 252 g/mol. The van der Waals surface area contributed by atoms with Crippen molar-refractivity contribution >= 4 is 17.7 Å². The van der Waals surface area contributed by atoms with Gasteiger partial charge in [0.2, 0.25) is 0 Å². The fourth-order valence-corrected chi connectivity index (χ4v) is 2.12. The van der Waals surface area contributed by atoms with E-state index in [4.69, 9.17) is 5.11 Å². The van der Waals surface area contributed by atoms with Gasteiger partial charge in [0.05, 0.1) is 17.7 Å². The second-order valence-electron chi connectivity index (χ2n) is 3.73. The number of H-pyrrole nitrogens is 2. The highest BCUT2D eigenvalue weighted by Crippen LogP contribution is 2.23. The van der Waals surface area contributed by atoms with E-state index in [1.165, 1.54) is 0 Å². The molecule has 3 N–H and O–H groups in total. The number of aliphatic carboxylic acids is 1. The number of aromatic nitrogens is 2. The van der Waals surface area contributed by atoms with Crippen LogP contribution < -0.4 is 5.56 Å². The molecule has 18 heavy (non-hydrogen) atoms. The predicted octanol–water partition coefficient (Wildman–Crippen LogP) is 1.72. The van der Waals surface area contributed by atoms with E-state index < -0.39 is 5.97 Å². The highest BCUT2D eigenvalue weighted by Gasteiger charge is 2.14. The summed E-state index contributed by atoms with van der Waals surface area (Å²) < 4.78 is 0. The van der Waals surface area contributed by atoms with Crippen LogP contribution in [0, 0.1) is 0 Å². The molecule has 1 aromatic carbocycles. The van der Waals surface area contributed by atoms with Gasteiger partial charge in [-0.1, -0.05) is 12.1 Å². The van der Waals surface area contributed by atoms with Crippen LogP contribution in [0.2, 0.25) is 0 Å². The first kappa shape index (κ1) is 12.5. The number of benzene rings is 1. The van der Waals surface area contributed by atoms with Gasteiger partial charge in [0.15, 0.2) is 0 Å². The molecule has 0 fully saturated rings. The van der Waals surface area contributed by atoms with Gasteiger partial charge in [0, 0.05) is 4.90 Å². The molecule has 0 amide bonds. The third-order valence-electron chi connectivity index (χ3n) is 2.58. The number of aromatic amines is 2. The molecule has 1 heterocycles. The van der Waals surface area contributed by atoms with Gasteiger partial charge in [-0.3, -0.25) is 19.8 Å². The molecule has 0 unspecified atom stereocenters. The Balaban J connectivity index is 2.43. The average molecular weight is 264 g/mol. The number of hydrogen-bond acceptors (Lipinski definition) is 3. The largest absolute Gasteiger partial charge is 0.481 e. The van der Waals surface area contributed by atoms with E-state index in [0.717, 1.165) is 10.5 Å². The minimum atomic E-state index is -1.03. The summed E-state index contributed by atoms with van der Waals surface area (Å²) in [6.45, 7) is 0. The van der Waals surface area contributed by atoms with Crippen molar-refractivity contribution in [3.63, 3.8) is 0 Å². The first-order valence-electron chi connectivity index (χ1n) is 5.27. The molecule has 6 heteroatoms. The maximum absolute atomic E-state index is 11.5. The Bertz CT molecular complexity index is 613. The van der Waals surface area contributed by atoms with Gasteiger partial charge in [-0.05, 0) is 24.0 Å². The van der Waals surface area contributed by atoms with Crippen molar-refractivity contribution in [3.05, 3.63) is 40.2 Å². The molecule has 0 aliphatic rings. The summed E-state index contributed by atoms with van der Waals surface area (Å²) in [5.41, 5.74) is 1.19. The molecule has 94 valence electrons. The molecule has 0 aliphatic carbocycles. The lowest BCUT2D eigenvalue weighted by molar-refractivity contribution is -0.136. The number of carboxylic acids is 1. The van der Waals surface area contributed by atoms with E-state index in [9.17, 15) is 9.59 Å². The van der Waals surface area contributed by atoms with Crippen LogP contribution in [0.4, 0.5) is 0 Å². The Kier molecular flexibility index (Phi) is 3.57. The van der Waals surface area contributed by atoms with Gasteiger partial charge < -0.3 is 5.11 Å². The van der Waals surface area contributed by atoms with E-state index in [-0.39, 0.29) is 17.5 Å². The lowest BCUT2D eigenvalue weighted by Gasteiger charge is -2.02. The van der Waals surface area contributed by atoms with Crippen LogP contribution in [0.5, 0.6) is 0 Å². The summed E-state index contributed by atoms with van der Waals surface area (Å²) in [5, 5.41) is 13.9. The molecular formula is C12H12N2O3S. The Morgan fingerprint density at radius 3 is 2.50 bits per heavy atom. The van der Waals surface area contributed by atoms with E-state index >= 15 is 0 Å². The third-order valence-corrected chi connectivity index (χ3v) is 3.33. The van der Waals surface area contributed by atoms with Gasteiger partial charge in [0.1, 0.15) is 0 Å². The Hall–Kier alpha value is -1.95. The van der Waals surface area contributed by atoms with Crippen molar-refractivity contribution in [2.75, 3.05) is 6.26 Å². The van der Waals surface area contributed by atoms with Crippen LogP contribution in [-0.2, 0) is 11.2 Å². The third kappa shape index (κ3) is 2.48. The van der Waals surface area contributed by atoms with Crippen molar-refractivity contribution in [2.24, 2.45) is 0 Å². The van der Waals surface area contributed by atoms with Gasteiger partial charge in [-0.2, -0.15) is 0 Å². The van der Waals surface area contributed by atoms with Crippen LogP contribution in [0.15, 0.2) is 34.0 Å². The predicted molar refractivity (Wildman–Crippen MR) is 70.0 cm³/mol. The van der Waals surface area contributed by atoms with Crippen LogP contribution >= 0.6 is 11.8 Å². The quantitative estimate of drug-likeness (QED) is 0.734. The summed E-state index contributed by atoms with van der Waals surface area (Å²) in [6, 6.07) is 7.57. The van der Waals surface area contributed by atoms with E-state index in [1.807, 2.05) is 30.5 Å². The number of carbonyl (C=O) groups is 1. The second-order valence-corrected chi connectivity index (χ2v) is 4.61. The normalized spacial score (nSPS) is 10.5. The van der Waals surface area contributed by atoms with Gasteiger partial charge in [-0.25, -0.2) is 0 Å². The molecule has 0 saturated heterocycles. The zero-order chi connectivity index (χ0) is 13.1. The average Bonchev–Trinajstić information content (AvgIpc) is 2.71. The number of thioether (sulfide) groups is 1. The number of nitrogens with one attached hydrogen (secondary N) is 2. The zero-order valence-electron chi connectivity index (χ0n) is 9.69. The van der Waals surface area contributed by atoms with Crippen LogP contribution in [0.1, 0.15) is 5.56 Å². The molecule has 5 nitrogen and oxygen atoms in total. The minimum Gasteiger partial charge on any atom is -0.481 e. The SMILES string of the molecule is CSc1ccc(-c2[nH][nH]c(=O)c2CC(=O)O)cc1. The van der Waals surface area contributed by atoms with Crippen molar-refractivity contribution in [3.8, 4) is 11.3 Å². The first-order valence-corrected chi connectivity index (χ1v) is 6.50. The first-order chi connectivity index (χ1) is 8.61. The molecule has 2 aromatic rings. The number of hydrogen-bond donors (Lipinski definition) is 3. The fraction of sp³-hybridized carbons (Fsp3) is 0.167. The maximum Gasteiger partial charge on any atom is 0.308 e. The lowest BCUT2D eigenvalue weighted by atomic mass is 10.1. The van der Waals surface area contributed by atoms with Crippen molar-refractivity contribution in [1.29, 1.82) is 0 Å². The topological polar surface area (TPSA) is 86.0 Å². The lowest BCUT2D eigenvalue weighted by Crippen LogP contribution is -2.11. The van der Waals surface area contributed by atoms with Gasteiger partial charge >= 0.3 is 5.97 Å². The highest BCUT2D eigenvalue weighted by molar-refractivity contribution is 7.98. The van der Waals surface area contributed by atoms with Crippen molar-refractivity contribution in [2.45, 2.75) is 11.3 Å². The van der Waals surface area contributed by atoms with Crippen LogP contribution in [-0.4, -0.2) is 27.5 Å². The number of carboxylic acid groups (broad SMARTS) is 1. The Morgan fingerprint density at radius 1 is 1.28 bits per heavy atom. The molecule has 0 saturated carbocycles. The minimum absolute atomic E-state index is 0.249. The molecule has 0 bridgehead atoms.